The Bertz CT molecular complexity index is 1940. The number of Topliss-reactive ketones (excluding diaryl/α,β-unsaturated/α-hetero) is 2. The number of nitro groups is 1. The molecule has 0 aliphatic heterocycles. The second-order valence-electron chi connectivity index (χ2n) is 17.2. The third-order valence-corrected chi connectivity index (χ3v) is 11.5. The van der Waals surface area contributed by atoms with Gasteiger partial charge in [-0.3, -0.25) is 24.5 Å². The van der Waals surface area contributed by atoms with Gasteiger partial charge in [-0.05, 0) is 63.1 Å². The summed E-state index contributed by atoms with van der Waals surface area (Å²) in [6.07, 6.45) is 24.9. The molecule has 0 aliphatic carbocycles. The van der Waals surface area contributed by atoms with Crippen molar-refractivity contribution in [2.24, 2.45) is 20.5 Å². The van der Waals surface area contributed by atoms with Gasteiger partial charge in [-0.2, -0.15) is 10.2 Å². The van der Waals surface area contributed by atoms with Crippen molar-refractivity contribution < 1.29 is 33.5 Å². The molecular weight excluding hydrogens is 849 g/mol. The molecule has 368 valence electrons. The van der Waals surface area contributed by atoms with Gasteiger partial charge in [0.1, 0.15) is 41.0 Å². The third-order valence-electron chi connectivity index (χ3n) is 11.5. The van der Waals surface area contributed by atoms with Crippen LogP contribution < -0.4 is 14.4 Å². The van der Waals surface area contributed by atoms with E-state index < -0.39 is 4.92 Å². The highest BCUT2D eigenvalue weighted by Crippen LogP contribution is 2.42. The van der Waals surface area contributed by atoms with Gasteiger partial charge in [0.05, 0.1) is 36.1 Å². The minimum Gasteiger partial charge on any atom is -0.491 e. The van der Waals surface area contributed by atoms with E-state index in [0.29, 0.717) is 48.8 Å². The van der Waals surface area contributed by atoms with Crippen molar-refractivity contribution in [3.63, 3.8) is 0 Å². The molecule has 0 saturated heterocycles. The number of azo groups is 2. The number of carbonyl (C=O) groups is 3. The van der Waals surface area contributed by atoms with Crippen LogP contribution in [0.5, 0.6) is 11.5 Å². The standard InChI is InChI=1S/C53H78N6O8/c1-5-8-10-11-12-13-14-15-16-17-18-19-20-21-22-24-26-53(62)67-40-37-58(7-3)46-31-27-44(28-32-46)54-57-50-41-51(65-38-35-43(4)60)49(56-55-45-29-33-47(34-30-45)59(63)64)42-52(50)66-39-36-48(61)25-23-9-6-2/h27-34,41-42H,5-26,35-40H2,1-4H3. The average Bonchev–Trinajstić information content (AvgIpc) is 3.32. The summed E-state index contributed by atoms with van der Waals surface area (Å²) in [5, 5.41) is 28.8. The second-order valence-corrected chi connectivity index (χ2v) is 17.2. The van der Waals surface area contributed by atoms with Crippen LogP contribution in [-0.4, -0.2) is 55.4 Å². The van der Waals surface area contributed by atoms with E-state index in [2.05, 4.69) is 46.1 Å². The number of nitro benzene ring substituents is 1. The van der Waals surface area contributed by atoms with Crippen molar-refractivity contribution in [1.29, 1.82) is 0 Å². The van der Waals surface area contributed by atoms with Crippen LogP contribution in [0.15, 0.2) is 81.1 Å². The molecule has 0 aromatic heterocycles. The summed E-state index contributed by atoms with van der Waals surface area (Å²) < 4.78 is 17.7. The summed E-state index contributed by atoms with van der Waals surface area (Å²) >= 11 is 0. The lowest BCUT2D eigenvalue weighted by Crippen LogP contribution is -2.27. The molecule has 0 heterocycles. The molecule has 14 heteroatoms. The molecule has 0 aliphatic rings. The number of benzene rings is 3. The third kappa shape index (κ3) is 24.7. The van der Waals surface area contributed by atoms with Crippen LogP contribution in [0.4, 0.5) is 34.1 Å². The van der Waals surface area contributed by atoms with E-state index in [0.717, 1.165) is 44.3 Å². The van der Waals surface area contributed by atoms with Crippen molar-refractivity contribution >= 4 is 51.7 Å². The van der Waals surface area contributed by atoms with Crippen molar-refractivity contribution in [1.82, 2.24) is 0 Å². The summed E-state index contributed by atoms with van der Waals surface area (Å²) in [6.45, 7) is 9.65. The molecular formula is C53H78N6O8. The number of hydrogen-bond donors (Lipinski definition) is 0. The Labute approximate surface area is 399 Å². The number of hydrogen-bond acceptors (Lipinski definition) is 13. The number of rotatable bonds is 39. The lowest BCUT2D eigenvalue weighted by atomic mass is 10.0. The van der Waals surface area contributed by atoms with E-state index in [9.17, 15) is 24.5 Å². The zero-order valence-electron chi connectivity index (χ0n) is 41.0. The summed E-state index contributed by atoms with van der Waals surface area (Å²) in [6, 6.07) is 16.4. The fraction of sp³-hybridized carbons (Fsp3) is 0.604. The zero-order chi connectivity index (χ0) is 48.3. The van der Waals surface area contributed by atoms with E-state index in [1.165, 1.54) is 121 Å². The maximum absolute atomic E-state index is 12.6. The normalized spacial score (nSPS) is 11.3. The first-order chi connectivity index (χ1) is 32.6. The molecule has 0 unspecified atom stereocenters. The fourth-order valence-corrected chi connectivity index (χ4v) is 7.43. The smallest absolute Gasteiger partial charge is 0.305 e. The molecule has 3 aromatic rings. The monoisotopic (exact) mass is 927 g/mol. The molecule has 14 nitrogen and oxygen atoms in total. The van der Waals surface area contributed by atoms with Gasteiger partial charge in [0.2, 0.25) is 0 Å². The molecule has 0 saturated carbocycles. The van der Waals surface area contributed by atoms with Crippen LogP contribution in [0, 0.1) is 10.1 Å². The first kappa shape index (κ1) is 55.8. The summed E-state index contributed by atoms with van der Waals surface area (Å²) in [5.74, 6) is 0.462. The highest BCUT2D eigenvalue weighted by atomic mass is 16.6. The van der Waals surface area contributed by atoms with Crippen LogP contribution in [0.1, 0.15) is 175 Å². The maximum Gasteiger partial charge on any atom is 0.305 e. The molecule has 0 amide bonds. The van der Waals surface area contributed by atoms with Crippen molar-refractivity contribution in [3.8, 4) is 11.5 Å². The Morgan fingerprint density at radius 1 is 0.552 bits per heavy atom. The molecule has 3 rings (SSSR count). The van der Waals surface area contributed by atoms with Gasteiger partial charge >= 0.3 is 5.97 Å². The van der Waals surface area contributed by atoms with Gasteiger partial charge in [0.15, 0.2) is 0 Å². The summed E-state index contributed by atoms with van der Waals surface area (Å²) in [5.41, 5.74) is 2.39. The summed E-state index contributed by atoms with van der Waals surface area (Å²) in [7, 11) is 0. The zero-order valence-corrected chi connectivity index (χ0v) is 41.0. The average molecular weight is 927 g/mol. The van der Waals surface area contributed by atoms with E-state index in [4.69, 9.17) is 14.2 Å². The molecule has 0 bridgehead atoms. The first-order valence-corrected chi connectivity index (χ1v) is 25.2. The van der Waals surface area contributed by atoms with E-state index in [-0.39, 0.29) is 60.7 Å². The van der Waals surface area contributed by atoms with Crippen LogP contribution in [0.3, 0.4) is 0 Å². The number of carbonyl (C=O) groups excluding carboxylic acids is 3. The Kier molecular flexibility index (Phi) is 28.9. The Hall–Kier alpha value is -5.53. The van der Waals surface area contributed by atoms with Gasteiger partial charge in [0.25, 0.3) is 5.69 Å². The largest absolute Gasteiger partial charge is 0.491 e. The molecule has 0 spiro atoms. The number of likely N-dealkylation sites (N-methyl/N-ethyl adjacent to an activating group) is 1. The fourth-order valence-electron chi connectivity index (χ4n) is 7.43. The molecule has 0 fully saturated rings. The van der Waals surface area contributed by atoms with Crippen LogP contribution in [0.25, 0.3) is 0 Å². The lowest BCUT2D eigenvalue weighted by Gasteiger charge is -2.23. The minimum absolute atomic E-state index is 0.0515. The topological polar surface area (TPSA) is 175 Å². The van der Waals surface area contributed by atoms with Gasteiger partial charge in [-0.15, -0.1) is 10.2 Å². The number of ether oxygens (including phenoxy) is 3. The van der Waals surface area contributed by atoms with Crippen LogP contribution >= 0.6 is 0 Å². The second kappa shape index (κ2) is 34.7. The minimum atomic E-state index is -0.495. The number of non-ortho nitro benzene ring substituents is 1. The van der Waals surface area contributed by atoms with Gasteiger partial charge in [0, 0.05) is 62.2 Å². The van der Waals surface area contributed by atoms with Gasteiger partial charge < -0.3 is 19.1 Å². The van der Waals surface area contributed by atoms with Crippen LogP contribution in [0.2, 0.25) is 0 Å². The number of anilines is 1. The van der Waals surface area contributed by atoms with E-state index >= 15 is 0 Å². The number of ketones is 2. The molecule has 0 radical (unpaired) electrons. The van der Waals surface area contributed by atoms with Crippen molar-refractivity contribution in [3.05, 3.63) is 70.8 Å². The first-order valence-electron chi connectivity index (χ1n) is 25.2. The molecule has 3 aromatic carbocycles. The van der Waals surface area contributed by atoms with Gasteiger partial charge in [-0.1, -0.05) is 123 Å². The quantitative estimate of drug-likeness (QED) is 0.0177. The maximum atomic E-state index is 12.6. The Morgan fingerprint density at radius 3 is 1.48 bits per heavy atom. The summed E-state index contributed by atoms with van der Waals surface area (Å²) in [4.78, 5) is 49.6. The van der Waals surface area contributed by atoms with Crippen molar-refractivity contribution in [2.75, 3.05) is 37.8 Å². The molecule has 0 N–H and O–H groups in total. The van der Waals surface area contributed by atoms with Gasteiger partial charge in [-0.25, -0.2) is 0 Å². The molecule has 67 heavy (non-hydrogen) atoms. The lowest BCUT2D eigenvalue weighted by molar-refractivity contribution is -0.384. The number of nitrogens with zero attached hydrogens (tertiary/aromatic N) is 6. The Balaban J connectivity index is 1.55. The Morgan fingerprint density at radius 2 is 1.00 bits per heavy atom. The van der Waals surface area contributed by atoms with E-state index in [1.54, 1.807) is 12.1 Å². The predicted octanol–water partition coefficient (Wildman–Crippen LogP) is 15.7. The van der Waals surface area contributed by atoms with E-state index in [1.807, 2.05) is 24.3 Å². The molecule has 0 atom stereocenters. The highest BCUT2D eigenvalue weighted by molar-refractivity contribution is 5.78. The highest BCUT2D eigenvalue weighted by Gasteiger charge is 2.15. The van der Waals surface area contributed by atoms with Crippen molar-refractivity contribution in [2.45, 2.75) is 175 Å². The number of unbranched alkanes of at least 4 members (excludes halogenated alkanes) is 17. The predicted molar refractivity (Wildman–Crippen MR) is 267 cm³/mol. The van der Waals surface area contributed by atoms with Crippen LogP contribution in [-0.2, 0) is 19.1 Å². The number of esters is 1. The SMILES string of the molecule is CCCCCCCCCCCCCCCCCCC(=O)OCCN(CC)c1ccc(N=Nc2cc(OCCC(C)=O)c(N=Nc3ccc([N+](=O)[O-])cc3)cc2OCCC(=O)CCCCC)cc1.